The molecule has 2 amide bonds. The Labute approximate surface area is 204 Å². The second-order valence-electron chi connectivity index (χ2n) is 8.18. The molecule has 2 N–H and O–H groups in total. The van der Waals surface area contributed by atoms with Gasteiger partial charge in [0, 0.05) is 35.6 Å². The van der Waals surface area contributed by atoms with Crippen molar-refractivity contribution in [3.05, 3.63) is 64.6 Å². The molecule has 0 radical (unpaired) electrons. The molecule has 2 heterocycles. The van der Waals surface area contributed by atoms with Crippen LogP contribution >= 0.6 is 11.6 Å². The van der Waals surface area contributed by atoms with Gasteiger partial charge in [-0.15, -0.1) is 0 Å². The Balaban J connectivity index is 1.52. The van der Waals surface area contributed by atoms with Crippen molar-refractivity contribution < 1.29 is 33.0 Å². The second kappa shape index (κ2) is 9.91. The molecule has 0 unspecified atom stereocenters. The quantitative estimate of drug-likeness (QED) is 0.512. The van der Waals surface area contributed by atoms with Gasteiger partial charge in [-0.2, -0.15) is 0 Å². The van der Waals surface area contributed by atoms with Crippen LogP contribution in [0.4, 0.5) is 8.78 Å². The van der Waals surface area contributed by atoms with Crippen molar-refractivity contribution in [2.45, 2.75) is 31.7 Å². The molecule has 0 spiro atoms. The van der Waals surface area contributed by atoms with Crippen molar-refractivity contribution in [3.8, 4) is 5.75 Å². The lowest BCUT2D eigenvalue weighted by atomic mass is 10.1. The van der Waals surface area contributed by atoms with E-state index in [1.165, 1.54) is 36.1 Å². The van der Waals surface area contributed by atoms with Gasteiger partial charge in [0.25, 0.3) is 0 Å². The van der Waals surface area contributed by atoms with Crippen LogP contribution in [0.3, 0.4) is 0 Å². The number of hydrogen-bond acceptors (Lipinski definition) is 4. The molecule has 1 fully saturated rings. The number of carboxylic acid groups (broad SMARTS) is 1. The molecule has 0 aliphatic carbocycles. The molecule has 2 aromatic carbocycles. The van der Waals surface area contributed by atoms with Gasteiger partial charge in [-0.3, -0.25) is 9.59 Å². The molecule has 35 heavy (non-hydrogen) atoms. The summed E-state index contributed by atoms with van der Waals surface area (Å²) < 4.78 is 35.0. The first-order valence-corrected chi connectivity index (χ1v) is 11.1. The summed E-state index contributed by atoms with van der Waals surface area (Å²) in [6.07, 6.45) is -0.276. The van der Waals surface area contributed by atoms with Crippen LogP contribution in [0, 0.1) is 5.82 Å². The topological polar surface area (TPSA) is 101 Å². The number of nitrogens with zero attached hydrogens (tertiary/aromatic N) is 2. The minimum atomic E-state index is -1.40. The van der Waals surface area contributed by atoms with E-state index in [1.54, 1.807) is 18.2 Å². The number of aromatic nitrogens is 1. The number of nitrogens with one attached hydrogen (secondary N) is 1. The minimum absolute atomic E-state index is 0.0191. The first kappa shape index (κ1) is 24.5. The molecule has 8 nitrogen and oxygen atoms in total. The van der Waals surface area contributed by atoms with Crippen molar-refractivity contribution in [1.82, 2.24) is 14.8 Å². The van der Waals surface area contributed by atoms with Crippen LogP contribution in [0.25, 0.3) is 10.9 Å². The highest BCUT2D eigenvalue weighted by Crippen LogP contribution is 2.28. The van der Waals surface area contributed by atoms with Crippen molar-refractivity contribution >= 4 is 40.3 Å². The normalized spacial score (nSPS) is 17.5. The molecular weight excluding hydrogens is 484 g/mol. The number of carbonyl (C=O) groups excluding carboxylic acids is 2. The number of amides is 2. The van der Waals surface area contributed by atoms with E-state index in [4.69, 9.17) is 16.3 Å². The maximum absolute atomic E-state index is 14.3. The van der Waals surface area contributed by atoms with Gasteiger partial charge in [-0.25, -0.2) is 13.6 Å². The van der Waals surface area contributed by atoms with Crippen molar-refractivity contribution in [1.29, 1.82) is 0 Å². The van der Waals surface area contributed by atoms with Gasteiger partial charge in [0.05, 0.1) is 24.2 Å². The molecule has 11 heteroatoms. The SMILES string of the molecule is COc1ccc2c(c1)c(C(=O)O)cn2CC(=O)N1C[C@H](F)C[C@H]1C(=O)NCc1cccc(Cl)c1F. The van der Waals surface area contributed by atoms with E-state index in [1.807, 2.05) is 0 Å². The van der Waals surface area contributed by atoms with Crippen molar-refractivity contribution in [3.63, 3.8) is 0 Å². The van der Waals surface area contributed by atoms with Gasteiger partial charge in [-0.1, -0.05) is 23.7 Å². The number of benzene rings is 2. The Morgan fingerprint density at radius 2 is 2.03 bits per heavy atom. The molecule has 0 bridgehead atoms. The average molecular weight is 506 g/mol. The van der Waals surface area contributed by atoms with Crippen LogP contribution in [-0.4, -0.2) is 58.2 Å². The zero-order chi connectivity index (χ0) is 25.3. The van der Waals surface area contributed by atoms with Crippen LogP contribution in [0.5, 0.6) is 5.75 Å². The average Bonchev–Trinajstić information content (AvgIpc) is 3.40. The lowest BCUT2D eigenvalue weighted by Gasteiger charge is -2.24. The summed E-state index contributed by atoms with van der Waals surface area (Å²) in [5.74, 6) is -2.56. The summed E-state index contributed by atoms with van der Waals surface area (Å²) in [4.78, 5) is 38.7. The van der Waals surface area contributed by atoms with Crippen LogP contribution in [0.1, 0.15) is 22.3 Å². The molecular formula is C24H22ClF2N3O5. The molecule has 4 rings (SSSR count). The fourth-order valence-corrected chi connectivity index (χ4v) is 4.43. The Kier molecular flexibility index (Phi) is 6.93. The first-order valence-electron chi connectivity index (χ1n) is 10.7. The number of ether oxygens (including phenoxy) is 1. The van der Waals surface area contributed by atoms with Gasteiger partial charge in [0.1, 0.15) is 30.3 Å². The highest BCUT2D eigenvalue weighted by atomic mass is 35.5. The number of aromatic carboxylic acids is 1. The monoisotopic (exact) mass is 505 g/mol. The van der Waals surface area contributed by atoms with Crippen LogP contribution < -0.4 is 10.1 Å². The maximum Gasteiger partial charge on any atom is 0.337 e. The third-order valence-electron chi connectivity index (χ3n) is 5.98. The summed E-state index contributed by atoms with van der Waals surface area (Å²) in [6.45, 7) is -0.746. The van der Waals surface area contributed by atoms with Gasteiger partial charge in [0.15, 0.2) is 0 Å². The molecule has 1 aliphatic rings. The largest absolute Gasteiger partial charge is 0.497 e. The Bertz CT molecular complexity index is 1310. The standard InChI is InChI=1S/C24H22ClF2N3O5/c1-35-15-5-6-19-16(8-15)17(24(33)34)11-29(19)12-21(31)30-10-14(26)7-20(30)23(32)28-9-13-3-2-4-18(25)22(13)27/h2-6,8,11,14,20H,7,9-10,12H2,1H3,(H,28,32)(H,33,34)/t14-,20+/m1/s1. The van der Waals surface area contributed by atoms with E-state index in [2.05, 4.69) is 5.32 Å². The van der Waals surface area contributed by atoms with E-state index in [0.29, 0.717) is 16.7 Å². The number of likely N-dealkylation sites (tertiary alicyclic amines) is 1. The zero-order valence-corrected chi connectivity index (χ0v) is 19.4. The number of fused-ring (bicyclic) bond motifs is 1. The molecule has 184 valence electrons. The van der Waals surface area contributed by atoms with E-state index in [0.717, 1.165) is 4.90 Å². The van der Waals surface area contributed by atoms with E-state index >= 15 is 0 Å². The lowest BCUT2D eigenvalue weighted by molar-refractivity contribution is -0.139. The minimum Gasteiger partial charge on any atom is -0.497 e. The summed E-state index contributed by atoms with van der Waals surface area (Å²) >= 11 is 5.76. The number of carboxylic acids is 1. The van der Waals surface area contributed by atoms with Gasteiger partial charge < -0.3 is 24.6 Å². The Morgan fingerprint density at radius 3 is 2.74 bits per heavy atom. The summed E-state index contributed by atoms with van der Waals surface area (Å²) in [5.41, 5.74) is 0.619. The van der Waals surface area contributed by atoms with Crippen molar-refractivity contribution in [2.24, 2.45) is 0 Å². The van der Waals surface area contributed by atoms with E-state index in [-0.39, 0.29) is 42.2 Å². The molecule has 1 aromatic heterocycles. The van der Waals surface area contributed by atoms with E-state index < -0.39 is 35.8 Å². The fraction of sp³-hybridized carbons (Fsp3) is 0.292. The Hall–Kier alpha value is -3.66. The van der Waals surface area contributed by atoms with Gasteiger partial charge in [-0.05, 0) is 24.3 Å². The summed E-state index contributed by atoms with van der Waals surface area (Å²) in [7, 11) is 1.45. The van der Waals surface area contributed by atoms with Crippen molar-refractivity contribution in [2.75, 3.05) is 13.7 Å². The predicted octanol–water partition coefficient (Wildman–Crippen LogP) is 3.40. The number of halogens is 3. The fourth-order valence-electron chi connectivity index (χ4n) is 4.24. The van der Waals surface area contributed by atoms with Gasteiger partial charge >= 0.3 is 5.97 Å². The molecule has 1 saturated heterocycles. The summed E-state index contributed by atoms with van der Waals surface area (Å²) in [6, 6.07) is 8.11. The highest BCUT2D eigenvalue weighted by molar-refractivity contribution is 6.30. The third-order valence-corrected chi connectivity index (χ3v) is 6.27. The zero-order valence-electron chi connectivity index (χ0n) is 18.6. The Morgan fingerprint density at radius 1 is 1.26 bits per heavy atom. The van der Waals surface area contributed by atoms with Crippen LogP contribution in [0.15, 0.2) is 42.6 Å². The maximum atomic E-state index is 14.3. The van der Waals surface area contributed by atoms with Crippen LogP contribution in [-0.2, 0) is 22.7 Å². The molecule has 3 aromatic rings. The number of hydrogen-bond donors (Lipinski definition) is 2. The van der Waals surface area contributed by atoms with Crippen LogP contribution in [0.2, 0.25) is 5.02 Å². The lowest BCUT2D eigenvalue weighted by Crippen LogP contribution is -2.46. The number of rotatable bonds is 7. The smallest absolute Gasteiger partial charge is 0.337 e. The second-order valence-corrected chi connectivity index (χ2v) is 8.59. The summed E-state index contributed by atoms with van der Waals surface area (Å²) in [5, 5.41) is 12.4. The number of carbonyl (C=O) groups is 3. The third kappa shape index (κ3) is 4.93. The molecule has 0 saturated carbocycles. The van der Waals surface area contributed by atoms with E-state index in [9.17, 15) is 28.3 Å². The number of methoxy groups -OCH3 is 1. The highest BCUT2D eigenvalue weighted by Gasteiger charge is 2.39. The molecule has 2 atom stereocenters. The predicted molar refractivity (Wildman–Crippen MR) is 124 cm³/mol. The molecule has 1 aliphatic heterocycles. The first-order chi connectivity index (χ1) is 16.7. The van der Waals surface area contributed by atoms with Gasteiger partial charge in [0.2, 0.25) is 11.8 Å². The number of alkyl halides is 1.